The largest absolute Gasteiger partial charge is 0.463 e. The molecule has 0 saturated heterocycles. The minimum absolute atomic E-state index is 0.451. The van der Waals surface area contributed by atoms with Crippen molar-refractivity contribution in [2.75, 3.05) is 6.54 Å². The molecule has 0 bridgehead atoms. The van der Waals surface area contributed by atoms with Crippen LogP contribution in [-0.2, 0) is 5.60 Å². The fraction of sp³-hybridized carbons (Fsp3) is 0.556. The minimum Gasteiger partial charge on any atom is -0.463 e. The topological polar surface area (TPSA) is 59.4 Å². The van der Waals surface area contributed by atoms with Crippen LogP contribution < -0.4 is 5.73 Å². The molecular weight excluding hydrogens is 154 g/mol. The molecule has 3 nitrogen and oxygen atoms in total. The highest BCUT2D eigenvalue weighted by Crippen LogP contribution is 2.25. The summed E-state index contributed by atoms with van der Waals surface area (Å²) in [6, 6.07) is 3.62. The third-order valence-electron chi connectivity index (χ3n) is 1.90. The molecule has 1 unspecified atom stereocenters. The first-order valence-corrected chi connectivity index (χ1v) is 4.05. The van der Waals surface area contributed by atoms with Gasteiger partial charge in [-0.15, -0.1) is 0 Å². The van der Waals surface area contributed by atoms with E-state index in [1.807, 2.05) is 13.0 Å². The van der Waals surface area contributed by atoms with Crippen LogP contribution in [0.4, 0.5) is 0 Å². The monoisotopic (exact) mass is 169 g/mol. The van der Waals surface area contributed by atoms with Gasteiger partial charge in [-0.2, -0.15) is 0 Å². The fourth-order valence-corrected chi connectivity index (χ4v) is 1.13. The van der Waals surface area contributed by atoms with Gasteiger partial charge in [0.1, 0.15) is 17.1 Å². The molecule has 0 radical (unpaired) electrons. The van der Waals surface area contributed by atoms with E-state index in [-0.39, 0.29) is 0 Å². The van der Waals surface area contributed by atoms with Crippen LogP contribution in [-0.4, -0.2) is 11.7 Å². The van der Waals surface area contributed by atoms with Crippen LogP contribution in [0.5, 0.6) is 0 Å². The number of nitrogens with two attached hydrogens (primary N) is 1. The van der Waals surface area contributed by atoms with Crippen LogP contribution in [0.15, 0.2) is 16.5 Å². The van der Waals surface area contributed by atoms with Gasteiger partial charge in [0.15, 0.2) is 0 Å². The second-order valence-corrected chi connectivity index (χ2v) is 3.22. The molecule has 1 heterocycles. The van der Waals surface area contributed by atoms with Crippen molar-refractivity contribution >= 4 is 0 Å². The second-order valence-electron chi connectivity index (χ2n) is 3.22. The summed E-state index contributed by atoms with van der Waals surface area (Å²) in [6.45, 7) is 4.01. The molecule has 0 saturated carbocycles. The van der Waals surface area contributed by atoms with Crippen molar-refractivity contribution in [3.8, 4) is 0 Å². The molecule has 0 aliphatic carbocycles. The lowest BCUT2D eigenvalue weighted by Gasteiger charge is -2.19. The van der Waals surface area contributed by atoms with Gasteiger partial charge in [-0.25, -0.2) is 0 Å². The van der Waals surface area contributed by atoms with Crippen LogP contribution in [0.1, 0.15) is 24.9 Å². The zero-order valence-corrected chi connectivity index (χ0v) is 7.50. The Morgan fingerprint density at radius 1 is 1.58 bits per heavy atom. The van der Waals surface area contributed by atoms with E-state index in [1.54, 1.807) is 13.0 Å². The molecule has 1 rings (SSSR count). The lowest BCUT2D eigenvalue weighted by atomic mass is 10.00. The number of hydrogen-bond donors (Lipinski definition) is 2. The van der Waals surface area contributed by atoms with Gasteiger partial charge in [0.25, 0.3) is 0 Å². The van der Waals surface area contributed by atoms with E-state index in [0.29, 0.717) is 18.7 Å². The molecule has 0 aliphatic rings. The minimum atomic E-state index is -0.928. The van der Waals surface area contributed by atoms with Crippen LogP contribution in [0.2, 0.25) is 0 Å². The number of furan rings is 1. The Bertz CT molecular complexity index is 253. The molecule has 0 fully saturated rings. The third kappa shape index (κ3) is 1.87. The highest BCUT2D eigenvalue weighted by atomic mass is 16.4. The Kier molecular flexibility index (Phi) is 2.55. The normalized spacial score (nSPS) is 16.0. The summed E-state index contributed by atoms with van der Waals surface area (Å²) in [4.78, 5) is 0. The molecule has 3 N–H and O–H groups in total. The van der Waals surface area contributed by atoms with E-state index < -0.39 is 5.60 Å². The first kappa shape index (κ1) is 9.29. The van der Waals surface area contributed by atoms with Crippen molar-refractivity contribution in [3.63, 3.8) is 0 Å². The van der Waals surface area contributed by atoms with Gasteiger partial charge >= 0.3 is 0 Å². The lowest BCUT2D eigenvalue weighted by Crippen LogP contribution is -2.24. The number of hydrogen-bond acceptors (Lipinski definition) is 3. The van der Waals surface area contributed by atoms with Crippen LogP contribution in [0.25, 0.3) is 0 Å². The Hall–Kier alpha value is -0.800. The van der Waals surface area contributed by atoms with Gasteiger partial charge < -0.3 is 15.3 Å². The SMILES string of the molecule is Cc1ccc(C(C)(O)CCN)o1. The van der Waals surface area contributed by atoms with E-state index in [9.17, 15) is 5.11 Å². The summed E-state index contributed by atoms with van der Waals surface area (Å²) in [5.41, 5.74) is 4.43. The van der Waals surface area contributed by atoms with Crippen molar-refractivity contribution in [2.24, 2.45) is 5.73 Å². The Labute approximate surface area is 72.2 Å². The molecule has 3 heteroatoms. The Balaban J connectivity index is 2.81. The zero-order chi connectivity index (χ0) is 9.19. The molecule has 1 aromatic rings. The summed E-state index contributed by atoms with van der Waals surface area (Å²) in [6.07, 6.45) is 0.514. The Morgan fingerprint density at radius 2 is 2.25 bits per heavy atom. The molecule has 0 aromatic carbocycles. The predicted octanol–water partition coefficient (Wildman–Crippen LogP) is 1.14. The van der Waals surface area contributed by atoms with Crippen molar-refractivity contribution in [2.45, 2.75) is 25.9 Å². The van der Waals surface area contributed by atoms with Gasteiger partial charge in [-0.05, 0) is 38.9 Å². The van der Waals surface area contributed by atoms with Gasteiger partial charge in [-0.3, -0.25) is 0 Å². The second kappa shape index (κ2) is 3.29. The van der Waals surface area contributed by atoms with E-state index >= 15 is 0 Å². The maximum Gasteiger partial charge on any atom is 0.135 e. The first-order chi connectivity index (χ1) is 5.56. The molecular formula is C9H15NO2. The molecule has 0 aliphatic heterocycles. The van der Waals surface area contributed by atoms with Crippen LogP contribution >= 0.6 is 0 Å². The number of rotatable bonds is 3. The summed E-state index contributed by atoms with van der Waals surface area (Å²) < 4.78 is 5.30. The molecule has 0 spiro atoms. The average molecular weight is 169 g/mol. The molecule has 0 amide bonds. The smallest absolute Gasteiger partial charge is 0.135 e. The summed E-state index contributed by atoms with van der Waals surface area (Å²) >= 11 is 0. The lowest BCUT2D eigenvalue weighted by molar-refractivity contribution is 0.0270. The van der Waals surface area contributed by atoms with Crippen molar-refractivity contribution in [3.05, 3.63) is 23.7 Å². The quantitative estimate of drug-likeness (QED) is 0.713. The molecule has 1 aromatic heterocycles. The zero-order valence-electron chi connectivity index (χ0n) is 7.50. The van der Waals surface area contributed by atoms with Crippen molar-refractivity contribution < 1.29 is 9.52 Å². The number of aryl methyl sites for hydroxylation is 1. The van der Waals surface area contributed by atoms with Crippen LogP contribution in [0.3, 0.4) is 0 Å². The summed E-state index contributed by atoms with van der Waals surface area (Å²) in [5.74, 6) is 1.40. The molecule has 68 valence electrons. The average Bonchev–Trinajstić information content (AvgIpc) is 2.36. The predicted molar refractivity (Wildman–Crippen MR) is 46.7 cm³/mol. The van der Waals surface area contributed by atoms with Crippen molar-refractivity contribution in [1.29, 1.82) is 0 Å². The van der Waals surface area contributed by atoms with E-state index in [4.69, 9.17) is 10.2 Å². The summed E-state index contributed by atoms with van der Waals surface area (Å²) in [5, 5.41) is 9.83. The maximum absolute atomic E-state index is 9.83. The van der Waals surface area contributed by atoms with E-state index in [1.165, 1.54) is 0 Å². The van der Waals surface area contributed by atoms with Gasteiger partial charge in [-0.1, -0.05) is 0 Å². The first-order valence-electron chi connectivity index (χ1n) is 4.05. The fourth-order valence-electron chi connectivity index (χ4n) is 1.13. The van der Waals surface area contributed by atoms with Gasteiger partial charge in [0.05, 0.1) is 0 Å². The highest BCUT2D eigenvalue weighted by molar-refractivity contribution is 5.12. The van der Waals surface area contributed by atoms with Gasteiger partial charge in [0, 0.05) is 0 Å². The molecule has 1 atom stereocenters. The van der Waals surface area contributed by atoms with Crippen molar-refractivity contribution in [1.82, 2.24) is 0 Å². The maximum atomic E-state index is 9.83. The third-order valence-corrected chi connectivity index (χ3v) is 1.90. The van der Waals surface area contributed by atoms with Crippen LogP contribution in [0, 0.1) is 6.92 Å². The number of aliphatic hydroxyl groups is 1. The van der Waals surface area contributed by atoms with E-state index in [0.717, 1.165) is 5.76 Å². The Morgan fingerprint density at radius 3 is 2.67 bits per heavy atom. The highest BCUT2D eigenvalue weighted by Gasteiger charge is 2.25. The standard InChI is InChI=1S/C9H15NO2/c1-7-3-4-8(12-7)9(2,11)5-6-10/h3-4,11H,5-6,10H2,1-2H3. The van der Waals surface area contributed by atoms with Gasteiger partial charge in [0.2, 0.25) is 0 Å². The van der Waals surface area contributed by atoms with E-state index in [2.05, 4.69) is 0 Å². The summed E-state index contributed by atoms with van der Waals surface area (Å²) in [7, 11) is 0. The molecule has 12 heavy (non-hydrogen) atoms.